The SMILES string of the molecule is C[N+]1(Cc2ccc(C(=O)N[C@@H](Cc3ccccc3)C(=O)O)cc2)CCCC1. The van der Waals surface area contributed by atoms with Gasteiger partial charge in [0, 0.05) is 30.4 Å². The fourth-order valence-electron chi connectivity index (χ4n) is 3.75. The first-order valence-electron chi connectivity index (χ1n) is 9.45. The lowest BCUT2D eigenvalue weighted by molar-refractivity contribution is -0.910. The van der Waals surface area contributed by atoms with E-state index in [1.807, 2.05) is 42.5 Å². The van der Waals surface area contributed by atoms with E-state index in [1.54, 1.807) is 12.1 Å². The molecular formula is C22H27N2O3+. The summed E-state index contributed by atoms with van der Waals surface area (Å²) in [5.41, 5.74) is 2.57. The van der Waals surface area contributed by atoms with Gasteiger partial charge in [-0.3, -0.25) is 4.79 Å². The second-order valence-electron chi connectivity index (χ2n) is 7.68. The molecule has 0 unspecified atom stereocenters. The van der Waals surface area contributed by atoms with Crippen LogP contribution in [-0.4, -0.2) is 47.6 Å². The molecule has 3 rings (SSSR count). The van der Waals surface area contributed by atoms with Gasteiger partial charge in [0.15, 0.2) is 0 Å². The number of carboxylic acid groups (broad SMARTS) is 1. The van der Waals surface area contributed by atoms with E-state index in [-0.39, 0.29) is 12.3 Å². The van der Waals surface area contributed by atoms with E-state index in [0.29, 0.717) is 5.56 Å². The van der Waals surface area contributed by atoms with Crippen LogP contribution in [0.4, 0.5) is 0 Å². The van der Waals surface area contributed by atoms with Crippen molar-refractivity contribution in [2.75, 3.05) is 20.1 Å². The van der Waals surface area contributed by atoms with Crippen molar-refractivity contribution in [1.29, 1.82) is 0 Å². The molecule has 0 aromatic heterocycles. The monoisotopic (exact) mass is 367 g/mol. The first kappa shape index (κ1) is 19.1. The lowest BCUT2D eigenvalue weighted by atomic mass is 10.0. The van der Waals surface area contributed by atoms with E-state index in [0.717, 1.165) is 16.6 Å². The number of likely N-dealkylation sites (tertiary alicyclic amines) is 1. The molecule has 1 atom stereocenters. The Hall–Kier alpha value is -2.66. The Morgan fingerprint density at radius 2 is 1.63 bits per heavy atom. The molecule has 2 aromatic carbocycles. The molecule has 1 aliphatic heterocycles. The van der Waals surface area contributed by atoms with Gasteiger partial charge in [-0.1, -0.05) is 42.5 Å². The lowest BCUT2D eigenvalue weighted by Gasteiger charge is -2.29. The highest BCUT2D eigenvalue weighted by molar-refractivity contribution is 5.96. The van der Waals surface area contributed by atoms with Crippen LogP contribution in [0.2, 0.25) is 0 Å². The maximum Gasteiger partial charge on any atom is 0.326 e. The van der Waals surface area contributed by atoms with Crippen LogP contribution in [0.1, 0.15) is 34.3 Å². The van der Waals surface area contributed by atoms with E-state index >= 15 is 0 Å². The number of nitrogens with one attached hydrogen (secondary N) is 1. The van der Waals surface area contributed by atoms with Crippen LogP contribution in [0.15, 0.2) is 54.6 Å². The second kappa shape index (κ2) is 8.35. The number of benzene rings is 2. The van der Waals surface area contributed by atoms with Gasteiger partial charge in [-0.05, 0) is 17.7 Å². The van der Waals surface area contributed by atoms with Gasteiger partial charge in [-0.15, -0.1) is 0 Å². The Kier molecular flexibility index (Phi) is 5.91. The zero-order valence-electron chi connectivity index (χ0n) is 15.7. The van der Waals surface area contributed by atoms with Crippen molar-refractivity contribution in [3.8, 4) is 0 Å². The van der Waals surface area contributed by atoms with Gasteiger partial charge in [0.2, 0.25) is 0 Å². The van der Waals surface area contributed by atoms with Crippen molar-refractivity contribution in [2.45, 2.75) is 31.8 Å². The average molecular weight is 367 g/mol. The van der Waals surface area contributed by atoms with Crippen molar-refractivity contribution in [1.82, 2.24) is 5.32 Å². The van der Waals surface area contributed by atoms with Crippen LogP contribution < -0.4 is 5.32 Å². The summed E-state index contributed by atoms with van der Waals surface area (Å²) in [6, 6.07) is 15.9. The third kappa shape index (κ3) is 5.17. The summed E-state index contributed by atoms with van der Waals surface area (Å²) in [6.45, 7) is 3.36. The van der Waals surface area contributed by atoms with Crippen molar-refractivity contribution < 1.29 is 19.2 Å². The van der Waals surface area contributed by atoms with Crippen LogP contribution >= 0.6 is 0 Å². The minimum atomic E-state index is -1.03. The molecule has 2 aromatic rings. The summed E-state index contributed by atoms with van der Waals surface area (Å²) < 4.78 is 1.05. The number of amides is 1. The third-order valence-corrected chi connectivity index (χ3v) is 5.31. The van der Waals surface area contributed by atoms with Crippen molar-refractivity contribution in [2.24, 2.45) is 0 Å². The normalized spacial score (nSPS) is 16.6. The number of quaternary nitrogens is 1. The molecule has 0 radical (unpaired) electrons. The molecule has 0 spiro atoms. The molecule has 2 N–H and O–H groups in total. The summed E-state index contributed by atoms with van der Waals surface area (Å²) in [6.07, 6.45) is 2.81. The number of rotatable bonds is 7. The first-order chi connectivity index (χ1) is 13.0. The highest BCUT2D eigenvalue weighted by atomic mass is 16.4. The van der Waals surface area contributed by atoms with E-state index in [4.69, 9.17) is 0 Å². The van der Waals surface area contributed by atoms with E-state index in [2.05, 4.69) is 12.4 Å². The third-order valence-electron chi connectivity index (χ3n) is 5.31. The summed E-state index contributed by atoms with van der Waals surface area (Å²) in [5.74, 6) is -1.39. The fraction of sp³-hybridized carbons (Fsp3) is 0.364. The van der Waals surface area contributed by atoms with Gasteiger partial charge >= 0.3 is 5.97 Å². The molecule has 27 heavy (non-hydrogen) atoms. The lowest BCUT2D eigenvalue weighted by Crippen LogP contribution is -2.42. The molecule has 1 saturated heterocycles. The van der Waals surface area contributed by atoms with Crippen molar-refractivity contribution in [3.63, 3.8) is 0 Å². The summed E-state index contributed by atoms with van der Waals surface area (Å²) in [5, 5.41) is 12.1. The van der Waals surface area contributed by atoms with Gasteiger partial charge in [0.1, 0.15) is 12.6 Å². The summed E-state index contributed by atoms with van der Waals surface area (Å²) in [7, 11) is 2.27. The molecule has 1 fully saturated rings. The Balaban J connectivity index is 1.63. The zero-order valence-corrected chi connectivity index (χ0v) is 15.7. The smallest absolute Gasteiger partial charge is 0.326 e. The van der Waals surface area contributed by atoms with Gasteiger partial charge in [0.25, 0.3) is 5.91 Å². The van der Waals surface area contributed by atoms with Gasteiger partial charge in [-0.2, -0.15) is 0 Å². The maximum atomic E-state index is 12.5. The molecule has 1 aliphatic rings. The largest absolute Gasteiger partial charge is 0.480 e. The molecule has 5 heteroatoms. The summed E-state index contributed by atoms with van der Waals surface area (Å²) >= 11 is 0. The van der Waals surface area contributed by atoms with Crippen molar-refractivity contribution >= 4 is 11.9 Å². The Bertz CT molecular complexity index is 781. The Morgan fingerprint density at radius 3 is 2.22 bits per heavy atom. The van der Waals surface area contributed by atoms with Crippen LogP contribution in [0.3, 0.4) is 0 Å². The number of carbonyl (C=O) groups excluding carboxylic acids is 1. The zero-order chi connectivity index (χ0) is 19.3. The highest BCUT2D eigenvalue weighted by Gasteiger charge is 2.27. The summed E-state index contributed by atoms with van der Waals surface area (Å²) in [4.78, 5) is 24.0. The van der Waals surface area contributed by atoms with E-state index in [1.165, 1.54) is 31.5 Å². The molecule has 1 amide bonds. The van der Waals surface area contributed by atoms with Gasteiger partial charge < -0.3 is 14.9 Å². The predicted octanol–water partition coefficient (Wildman–Crippen LogP) is 2.85. The average Bonchev–Trinajstić information content (AvgIpc) is 3.08. The molecule has 5 nitrogen and oxygen atoms in total. The molecular weight excluding hydrogens is 340 g/mol. The quantitative estimate of drug-likeness (QED) is 0.740. The predicted molar refractivity (Wildman–Crippen MR) is 104 cm³/mol. The molecule has 0 bridgehead atoms. The topological polar surface area (TPSA) is 66.4 Å². The minimum absolute atomic E-state index is 0.260. The number of aliphatic carboxylic acids is 1. The van der Waals surface area contributed by atoms with Crippen LogP contribution in [0, 0.1) is 0 Å². The number of nitrogens with zero attached hydrogens (tertiary/aromatic N) is 1. The standard InChI is InChI=1S/C22H26N2O3/c1-24(13-5-6-14-24)16-18-9-11-19(12-10-18)21(25)23-20(22(26)27)15-17-7-3-2-4-8-17/h2-4,7-12,20H,5-6,13-16H2,1H3,(H-,23,25,26,27)/p+1/t20-/m0/s1. The first-order valence-corrected chi connectivity index (χ1v) is 9.45. The Labute approximate surface area is 160 Å². The van der Waals surface area contributed by atoms with E-state index in [9.17, 15) is 14.7 Å². The number of hydrogen-bond acceptors (Lipinski definition) is 2. The maximum absolute atomic E-state index is 12.5. The molecule has 1 heterocycles. The molecule has 0 aliphatic carbocycles. The number of hydrogen-bond donors (Lipinski definition) is 2. The van der Waals surface area contributed by atoms with Crippen molar-refractivity contribution in [3.05, 3.63) is 71.3 Å². The van der Waals surface area contributed by atoms with Crippen LogP contribution in [0.5, 0.6) is 0 Å². The minimum Gasteiger partial charge on any atom is -0.480 e. The van der Waals surface area contributed by atoms with Gasteiger partial charge in [0.05, 0.1) is 20.1 Å². The van der Waals surface area contributed by atoms with Crippen LogP contribution in [0.25, 0.3) is 0 Å². The van der Waals surface area contributed by atoms with E-state index < -0.39 is 12.0 Å². The molecule has 0 saturated carbocycles. The Morgan fingerprint density at radius 1 is 1.00 bits per heavy atom. The highest BCUT2D eigenvalue weighted by Crippen LogP contribution is 2.20. The van der Waals surface area contributed by atoms with Gasteiger partial charge in [-0.25, -0.2) is 4.79 Å². The van der Waals surface area contributed by atoms with Crippen LogP contribution in [-0.2, 0) is 17.8 Å². The number of carbonyl (C=O) groups is 2. The molecule has 142 valence electrons. The fourth-order valence-corrected chi connectivity index (χ4v) is 3.75. The second-order valence-corrected chi connectivity index (χ2v) is 7.68. The number of carboxylic acids is 1.